The second kappa shape index (κ2) is 6.73. The highest BCUT2D eigenvalue weighted by molar-refractivity contribution is 5.94. The van der Waals surface area contributed by atoms with E-state index in [1.165, 1.54) is 5.56 Å². The average molecular weight is 270 g/mol. The zero-order valence-electron chi connectivity index (χ0n) is 11.4. The molecule has 0 spiro atoms. The summed E-state index contributed by atoms with van der Waals surface area (Å²) in [5.41, 5.74) is 5.31. The Kier molecular flexibility index (Phi) is 4.74. The summed E-state index contributed by atoms with van der Waals surface area (Å²) in [7, 11) is 0. The first-order valence-electron chi connectivity index (χ1n) is 6.59. The van der Waals surface area contributed by atoms with Crippen LogP contribution in [0.5, 0.6) is 0 Å². The van der Waals surface area contributed by atoms with E-state index in [4.69, 9.17) is 5.21 Å². The lowest BCUT2D eigenvalue weighted by Gasteiger charge is -2.12. The van der Waals surface area contributed by atoms with Gasteiger partial charge in [-0.1, -0.05) is 43.3 Å². The van der Waals surface area contributed by atoms with Gasteiger partial charge in [0.15, 0.2) is 0 Å². The molecule has 0 heterocycles. The van der Waals surface area contributed by atoms with Crippen molar-refractivity contribution in [3.63, 3.8) is 0 Å². The van der Waals surface area contributed by atoms with Gasteiger partial charge in [-0.05, 0) is 29.7 Å². The maximum Gasteiger partial charge on any atom is 0.274 e. The van der Waals surface area contributed by atoms with Crippen molar-refractivity contribution in [2.75, 3.05) is 5.32 Å². The van der Waals surface area contributed by atoms with Crippen LogP contribution >= 0.6 is 0 Å². The second-order valence-corrected chi connectivity index (χ2v) is 4.51. The van der Waals surface area contributed by atoms with E-state index in [1.807, 2.05) is 36.4 Å². The molecule has 0 atom stereocenters. The molecule has 0 fully saturated rings. The van der Waals surface area contributed by atoms with Crippen molar-refractivity contribution in [1.82, 2.24) is 5.48 Å². The first-order valence-corrected chi connectivity index (χ1v) is 6.59. The van der Waals surface area contributed by atoms with E-state index in [-0.39, 0.29) is 0 Å². The highest BCUT2D eigenvalue weighted by atomic mass is 16.5. The Balaban J connectivity index is 2.18. The molecule has 1 amide bonds. The SMILES string of the molecule is CCc1ccc(C(=O)NO)cc1NCc1ccccc1. The van der Waals surface area contributed by atoms with Crippen LogP contribution in [0.2, 0.25) is 0 Å². The summed E-state index contributed by atoms with van der Waals surface area (Å²) >= 11 is 0. The molecule has 4 nitrogen and oxygen atoms in total. The molecule has 0 aliphatic rings. The van der Waals surface area contributed by atoms with Gasteiger partial charge in [0.25, 0.3) is 5.91 Å². The van der Waals surface area contributed by atoms with E-state index in [1.54, 1.807) is 17.6 Å². The van der Waals surface area contributed by atoms with Gasteiger partial charge in [-0.25, -0.2) is 5.48 Å². The number of carbonyl (C=O) groups is 1. The number of hydrogen-bond donors (Lipinski definition) is 3. The quantitative estimate of drug-likeness (QED) is 0.578. The van der Waals surface area contributed by atoms with Crippen LogP contribution in [-0.2, 0) is 13.0 Å². The maximum atomic E-state index is 11.5. The van der Waals surface area contributed by atoms with Crippen molar-refractivity contribution in [3.05, 3.63) is 65.2 Å². The number of carbonyl (C=O) groups excluding carboxylic acids is 1. The molecule has 104 valence electrons. The third kappa shape index (κ3) is 3.36. The Morgan fingerprint density at radius 3 is 2.55 bits per heavy atom. The van der Waals surface area contributed by atoms with Crippen molar-refractivity contribution in [1.29, 1.82) is 0 Å². The molecule has 0 bridgehead atoms. The molecule has 0 aliphatic carbocycles. The van der Waals surface area contributed by atoms with E-state index < -0.39 is 5.91 Å². The summed E-state index contributed by atoms with van der Waals surface area (Å²) in [6.07, 6.45) is 0.873. The van der Waals surface area contributed by atoms with Gasteiger partial charge in [-0.15, -0.1) is 0 Å². The lowest BCUT2D eigenvalue weighted by molar-refractivity contribution is 0.0706. The number of hydroxylamine groups is 1. The summed E-state index contributed by atoms with van der Waals surface area (Å²) < 4.78 is 0. The fourth-order valence-corrected chi connectivity index (χ4v) is 2.05. The molecule has 2 aromatic rings. The lowest BCUT2D eigenvalue weighted by Crippen LogP contribution is -2.19. The van der Waals surface area contributed by atoms with Gasteiger partial charge in [-0.3, -0.25) is 10.0 Å². The Morgan fingerprint density at radius 2 is 1.90 bits per heavy atom. The number of amides is 1. The van der Waals surface area contributed by atoms with Crippen LogP contribution in [0.1, 0.15) is 28.4 Å². The maximum absolute atomic E-state index is 11.5. The molecule has 0 radical (unpaired) electrons. The monoisotopic (exact) mass is 270 g/mol. The van der Waals surface area contributed by atoms with Gasteiger partial charge in [0.2, 0.25) is 0 Å². The normalized spacial score (nSPS) is 10.1. The Bertz CT molecular complexity index is 582. The smallest absolute Gasteiger partial charge is 0.274 e. The van der Waals surface area contributed by atoms with Gasteiger partial charge in [0.1, 0.15) is 0 Å². The van der Waals surface area contributed by atoms with Gasteiger partial charge >= 0.3 is 0 Å². The van der Waals surface area contributed by atoms with Crippen LogP contribution < -0.4 is 10.8 Å². The molecule has 0 unspecified atom stereocenters. The molecule has 2 rings (SSSR count). The molecular formula is C16H18N2O2. The van der Waals surface area contributed by atoms with Crippen molar-refractivity contribution in [3.8, 4) is 0 Å². The van der Waals surface area contributed by atoms with Gasteiger partial charge < -0.3 is 5.32 Å². The highest BCUT2D eigenvalue weighted by Crippen LogP contribution is 2.19. The minimum absolute atomic E-state index is 0.431. The zero-order valence-corrected chi connectivity index (χ0v) is 11.4. The van der Waals surface area contributed by atoms with Crippen molar-refractivity contribution >= 4 is 11.6 Å². The summed E-state index contributed by atoms with van der Waals surface area (Å²) in [5.74, 6) is -0.504. The predicted octanol–water partition coefficient (Wildman–Crippen LogP) is 2.98. The first-order chi connectivity index (χ1) is 9.74. The molecule has 3 N–H and O–H groups in total. The van der Waals surface area contributed by atoms with Crippen molar-refractivity contribution in [2.45, 2.75) is 19.9 Å². The van der Waals surface area contributed by atoms with E-state index in [2.05, 4.69) is 12.2 Å². The second-order valence-electron chi connectivity index (χ2n) is 4.51. The number of hydrogen-bond acceptors (Lipinski definition) is 3. The number of rotatable bonds is 5. The Labute approximate surface area is 118 Å². The average Bonchev–Trinajstić information content (AvgIpc) is 2.52. The topological polar surface area (TPSA) is 61.4 Å². The fraction of sp³-hybridized carbons (Fsp3) is 0.188. The van der Waals surface area contributed by atoms with E-state index >= 15 is 0 Å². The number of nitrogens with one attached hydrogen (secondary N) is 2. The predicted molar refractivity (Wildman–Crippen MR) is 78.8 cm³/mol. The van der Waals surface area contributed by atoms with Crippen LogP contribution in [0.4, 0.5) is 5.69 Å². The Hall–Kier alpha value is -2.33. The van der Waals surface area contributed by atoms with Gasteiger partial charge in [0.05, 0.1) is 0 Å². The molecular weight excluding hydrogens is 252 g/mol. The molecule has 2 aromatic carbocycles. The summed E-state index contributed by atoms with van der Waals surface area (Å²) in [6, 6.07) is 15.4. The first kappa shape index (κ1) is 14.1. The zero-order chi connectivity index (χ0) is 14.4. The third-order valence-corrected chi connectivity index (χ3v) is 3.18. The van der Waals surface area contributed by atoms with Crippen LogP contribution in [0.3, 0.4) is 0 Å². The Morgan fingerprint density at radius 1 is 1.15 bits per heavy atom. The van der Waals surface area contributed by atoms with Gasteiger partial charge in [-0.2, -0.15) is 0 Å². The highest BCUT2D eigenvalue weighted by Gasteiger charge is 2.08. The fourth-order valence-electron chi connectivity index (χ4n) is 2.05. The minimum atomic E-state index is -0.504. The summed E-state index contributed by atoms with van der Waals surface area (Å²) in [6.45, 7) is 2.76. The molecule has 0 aliphatic heterocycles. The molecule has 4 heteroatoms. The van der Waals surface area contributed by atoms with Crippen LogP contribution in [0, 0.1) is 0 Å². The lowest BCUT2D eigenvalue weighted by atomic mass is 10.1. The van der Waals surface area contributed by atoms with E-state index in [0.717, 1.165) is 17.7 Å². The van der Waals surface area contributed by atoms with Gasteiger partial charge in [0, 0.05) is 17.8 Å². The largest absolute Gasteiger partial charge is 0.381 e. The minimum Gasteiger partial charge on any atom is -0.381 e. The number of anilines is 1. The molecule has 20 heavy (non-hydrogen) atoms. The van der Waals surface area contributed by atoms with E-state index in [9.17, 15) is 4.79 Å². The third-order valence-electron chi connectivity index (χ3n) is 3.18. The molecule has 0 aromatic heterocycles. The molecule has 0 saturated carbocycles. The van der Waals surface area contributed by atoms with Crippen LogP contribution in [0.25, 0.3) is 0 Å². The van der Waals surface area contributed by atoms with Crippen molar-refractivity contribution in [2.24, 2.45) is 0 Å². The van der Waals surface area contributed by atoms with Crippen molar-refractivity contribution < 1.29 is 10.0 Å². The van der Waals surface area contributed by atoms with Crippen LogP contribution in [0.15, 0.2) is 48.5 Å². The number of benzene rings is 2. The number of aryl methyl sites for hydroxylation is 1. The molecule has 0 saturated heterocycles. The summed E-state index contributed by atoms with van der Waals surface area (Å²) in [5, 5.41) is 12.0. The standard InChI is InChI=1S/C16H18N2O2/c1-2-13-8-9-14(16(19)18-20)10-15(13)17-11-12-6-4-3-5-7-12/h3-10,17,20H,2,11H2,1H3,(H,18,19). The van der Waals surface area contributed by atoms with Crippen LogP contribution in [-0.4, -0.2) is 11.1 Å². The summed E-state index contributed by atoms with van der Waals surface area (Å²) in [4.78, 5) is 11.5. The van der Waals surface area contributed by atoms with E-state index in [0.29, 0.717) is 12.1 Å².